The Bertz CT molecular complexity index is 500. The summed E-state index contributed by atoms with van der Waals surface area (Å²) in [6, 6.07) is 6.03. The zero-order valence-electron chi connectivity index (χ0n) is 11.1. The maximum Gasteiger partial charge on any atom is 0.337 e. The number of benzene rings is 1. The zero-order valence-corrected chi connectivity index (χ0v) is 11.1. The number of nitrogens with zero attached hydrogens (tertiary/aromatic N) is 1. The van der Waals surface area contributed by atoms with Crippen LogP contribution < -0.4 is 4.90 Å². The second-order valence-electron chi connectivity index (χ2n) is 5.43. The van der Waals surface area contributed by atoms with Crippen molar-refractivity contribution in [2.75, 3.05) is 18.1 Å². The molecule has 1 aromatic rings. The van der Waals surface area contributed by atoms with Crippen molar-refractivity contribution in [2.24, 2.45) is 0 Å². The number of morpholine rings is 1. The number of hydrogen-bond donors (Lipinski definition) is 1. The molecule has 19 heavy (non-hydrogen) atoms. The summed E-state index contributed by atoms with van der Waals surface area (Å²) in [6.07, 6.45) is 3.63. The van der Waals surface area contributed by atoms with E-state index in [0.29, 0.717) is 18.2 Å². The fourth-order valence-corrected chi connectivity index (χ4v) is 3.30. The SMILES string of the molecule is Cc1ccc(N2CCOC3CCCC32)c(C(=O)O)c1. The van der Waals surface area contributed by atoms with Gasteiger partial charge in [0.05, 0.1) is 30.0 Å². The minimum atomic E-state index is -0.847. The molecule has 1 heterocycles. The molecular formula is C15H19NO3. The number of carboxylic acids is 1. The van der Waals surface area contributed by atoms with Crippen LogP contribution in [0.15, 0.2) is 18.2 Å². The molecule has 1 aromatic carbocycles. The summed E-state index contributed by atoms with van der Waals surface area (Å²) in [6.45, 7) is 3.40. The average molecular weight is 261 g/mol. The Hall–Kier alpha value is -1.55. The molecular weight excluding hydrogens is 242 g/mol. The third-order valence-electron chi connectivity index (χ3n) is 4.17. The Morgan fingerprint density at radius 3 is 3.05 bits per heavy atom. The lowest BCUT2D eigenvalue weighted by molar-refractivity contribution is 0.0254. The van der Waals surface area contributed by atoms with E-state index in [2.05, 4.69) is 4.90 Å². The quantitative estimate of drug-likeness (QED) is 0.888. The van der Waals surface area contributed by atoms with Crippen molar-refractivity contribution in [3.63, 3.8) is 0 Å². The van der Waals surface area contributed by atoms with Gasteiger partial charge in [-0.15, -0.1) is 0 Å². The van der Waals surface area contributed by atoms with Gasteiger partial charge in [0.25, 0.3) is 0 Å². The lowest BCUT2D eigenvalue weighted by Crippen LogP contribution is -2.49. The van der Waals surface area contributed by atoms with Gasteiger partial charge < -0.3 is 14.7 Å². The van der Waals surface area contributed by atoms with Crippen LogP contribution in [0.2, 0.25) is 0 Å². The molecule has 1 N–H and O–H groups in total. The third kappa shape index (κ3) is 2.21. The van der Waals surface area contributed by atoms with Crippen molar-refractivity contribution in [1.29, 1.82) is 0 Å². The summed E-state index contributed by atoms with van der Waals surface area (Å²) in [5.41, 5.74) is 2.24. The highest BCUT2D eigenvalue weighted by atomic mass is 16.5. The number of ether oxygens (including phenoxy) is 1. The molecule has 1 aliphatic carbocycles. The normalized spacial score (nSPS) is 26.3. The standard InChI is InChI=1S/C15H19NO3/c1-10-5-6-12(11(9-10)15(17)18)16-7-8-19-14-4-2-3-13(14)16/h5-6,9,13-14H,2-4,7-8H2,1H3,(H,17,18). The maximum absolute atomic E-state index is 11.5. The molecule has 1 aliphatic heterocycles. The van der Waals surface area contributed by atoms with Gasteiger partial charge in [-0.3, -0.25) is 0 Å². The molecule has 2 unspecified atom stereocenters. The molecule has 0 spiro atoms. The minimum Gasteiger partial charge on any atom is -0.478 e. The predicted molar refractivity (Wildman–Crippen MR) is 72.9 cm³/mol. The van der Waals surface area contributed by atoms with Gasteiger partial charge >= 0.3 is 5.97 Å². The first kappa shape index (κ1) is 12.5. The van der Waals surface area contributed by atoms with E-state index in [9.17, 15) is 9.90 Å². The van der Waals surface area contributed by atoms with Crippen LogP contribution in [0.5, 0.6) is 0 Å². The van der Waals surface area contributed by atoms with Crippen LogP contribution in [0, 0.1) is 6.92 Å². The molecule has 0 aromatic heterocycles. The fourth-order valence-electron chi connectivity index (χ4n) is 3.30. The van der Waals surface area contributed by atoms with Gasteiger partial charge in [-0.05, 0) is 38.3 Å². The number of aromatic carboxylic acids is 1. The van der Waals surface area contributed by atoms with Crippen molar-refractivity contribution < 1.29 is 14.6 Å². The van der Waals surface area contributed by atoms with Crippen molar-refractivity contribution >= 4 is 11.7 Å². The van der Waals surface area contributed by atoms with Crippen LogP contribution in [-0.2, 0) is 4.74 Å². The Kier molecular flexibility index (Phi) is 3.19. The van der Waals surface area contributed by atoms with Crippen molar-refractivity contribution in [3.8, 4) is 0 Å². The Morgan fingerprint density at radius 1 is 1.42 bits per heavy atom. The first-order valence-corrected chi connectivity index (χ1v) is 6.89. The Labute approximate surface area is 113 Å². The highest BCUT2D eigenvalue weighted by Crippen LogP contribution is 2.34. The van der Waals surface area contributed by atoms with Crippen molar-refractivity contribution in [3.05, 3.63) is 29.3 Å². The summed E-state index contributed by atoms with van der Waals surface area (Å²) in [7, 11) is 0. The second kappa shape index (κ2) is 4.85. The fraction of sp³-hybridized carbons (Fsp3) is 0.533. The highest BCUT2D eigenvalue weighted by Gasteiger charge is 2.37. The van der Waals surface area contributed by atoms with E-state index in [1.165, 1.54) is 6.42 Å². The Morgan fingerprint density at radius 2 is 2.26 bits per heavy atom. The van der Waals surface area contributed by atoms with Gasteiger partial charge in [-0.2, -0.15) is 0 Å². The third-order valence-corrected chi connectivity index (χ3v) is 4.17. The van der Waals surface area contributed by atoms with Crippen LogP contribution in [0.4, 0.5) is 5.69 Å². The van der Waals surface area contributed by atoms with E-state index in [0.717, 1.165) is 30.6 Å². The van der Waals surface area contributed by atoms with Crippen LogP contribution in [0.3, 0.4) is 0 Å². The first-order chi connectivity index (χ1) is 9.16. The topological polar surface area (TPSA) is 49.8 Å². The number of hydrogen-bond acceptors (Lipinski definition) is 3. The molecule has 3 rings (SSSR count). The smallest absolute Gasteiger partial charge is 0.337 e. The highest BCUT2D eigenvalue weighted by molar-refractivity contribution is 5.94. The molecule has 2 fully saturated rings. The molecule has 1 saturated heterocycles. The molecule has 4 nitrogen and oxygen atoms in total. The van der Waals surface area contributed by atoms with E-state index in [4.69, 9.17) is 4.74 Å². The summed E-state index contributed by atoms with van der Waals surface area (Å²) in [5, 5.41) is 9.40. The van der Waals surface area contributed by atoms with Gasteiger partial charge in [0.15, 0.2) is 0 Å². The molecule has 102 valence electrons. The van der Waals surface area contributed by atoms with Crippen LogP contribution >= 0.6 is 0 Å². The number of carbonyl (C=O) groups is 1. The number of aryl methyl sites for hydroxylation is 1. The molecule has 2 aliphatic rings. The van der Waals surface area contributed by atoms with Crippen LogP contribution in [0.25, 0.3) is 0 Å². The first-order valence-electron chi connectivity index (χ1n) is 6.89. The van der Waals surface area contributed by atoms with Gasteiger partial charge in [0.1, 0.15) is 0 Å². The van der Waals surface area contributed by atoms with Crippen molar-refractivity contribution in [1.82, 2.24) is 0 Å². The number of carboxylic acid groups (broad SMARTS) is 1. The average Bonchev–Trinajstić information content (AvgIpc) is 2.86. The second-order valence-corrected chi connectivity index (χ2v) is 5.43. The summed E-state index contributed by atoms with van der Waals surface area (Å²) in [5.74, 6) is -0.847. The lowest BCUT2D eigenvalue weighted by Gasteiger charge is -2.40. The lowest BCUT2D eigenvalue weighted by atomic mass is 10.0. The summed E-state index contributed by atoms with van der Waals surface area (Å²) < 4.78 is 5.79. The van der Waals surface area contributed by atoms with Gasteiger partial charge in [-0.25, -0.2) is 4.79 Å². The van der Waals surface area contributed by atoms with E-state index in [1.54, 1.807) is 6.07 Å². The summed E-state index contributed by atoms with van der Waals surface area (Å²) in [4.78, 5) is 13.7. The van der Waals surface area contributed by atoms with Gasteiger partial charge in [0.2, 0.25) is 0 Å². The maximum atomic E-state index is 11.5. The molecule has 4 heteroatoms. The summed E-state index contributed by atoms with van der Waals surface area (Å²) >= 11 is 0. The minimum absolute atomic E-state index is 0.275. The van der Waals surface area contributed by atoms with E-state index in [1.807, 2.05) is 19.1 Å². The molecule has 0 amide bonds. The van der Waals surface area contributed by atoms with Crippen molar-refractivity contribution in [2.45, 2.75) is 38.3 Å². The van der Waals surface area contributed by atoms with Gasteiger partial charge in [0, 0.05) is 6.54 Å². The van der Waals surface area contributed by atoms with E-state index >= 15 is 0 Å². The molecule has 1 saturated carbocycles. The van der Waals surface area contributed by atoms with E-state index < -0.39 is 5.97 Å². The monoisotopic (exact) mass is 261 g/mol. The molecule has 2 atom stereocenters. The number of anilines is 1. The molecule has 0 bridgehead atoms. The molecule has 0 radical (unpaired) electrons. The zero-order chi connectivity index (χ0) is 13.4. The number of fused-ring (bicyclic) bond motifs is 1. The van der Waals surface area contributed by atoms with Gasteiger partial charge in [-0.1, -0.05) is 11.6 Å². The van der Waals surface area contributed by atoms with Crippen LogP contribution in [0.1, 0.15) is 35.2 Å². The predicted octanol–water partition coefficient (Wildman–Crippen LogP) is 2.45. The largest absolute Gasteiger partial charge is 0.478 e. The van der Waals surface area contributed by atoms with Crippen LogP contribution in [-0.4, -0.2) is 36.4 Å². The Balaban J connectivity index is 1.98. The van der Waals surface area contributed by atoms with E-state index in [-0.39, 0.29) is 6.10 Å². The number of rotatable bonds is 2.